The maximum Gasteiger partial charge on any atom is 0.223 e. The molecule has 0 saturated heterocycles. The standard InChI is InChI=1S/C17H16BrN3O2/c1-19-17-20-13-9-15(23-3)14(22-2)8-12(13)16(21-17)10-5-4-6-11(18)7-10/h4-9H,1-3H3,(H,19,20,21). The summed E-state index contributed by atoms with van der Waals surface area (Å²) in [5.74, 6) is 1.85. The second-order valence-corrected chi connectivity index (χ2v) is 5.80. The van der Waals surface area contributed by atoms with Crippen LogP contribution in [0.5, 0.6) is 11.5 Å². The molecule has 3 aromatic rings. The van der Waals surface area contributed by atoms with Crippen molar-refractivity contribution in [1.82, 2.24) is 9.97 Å². The van der Waals surface area contributed by atoms with E-state index in [1.807, 2.05) is 36.4 Å². The summed E-state index contributed by atoms with van der Waals surface area (Å²) in [5.41, 5.74) is 2.62. The summed E-state index contributed by atoms with van der Waals surface area (Å²) in [7, 11) is 5.02. The molecule has 0 bridgehead atoms. The number of anilines is 1. The maximum absolute atomic E-state index is 5.41. The minimum absolute atomic E-state index is 0.555. The number of methoxy groups -OCH3 is 2. The van der Waals surface area contributed by atoms with Gasteiger partial charge >= 0.3 is 0 Å². The number of ether oxygens (including phenoxy) is 2. The molecule has 5 nitrogen and oxygen atoms in total. The summed E-state index contributed by atoms with van der Waals surface area (Å²) >= 11 is 3.51. The highest BCUT2D eigenvalue weighted by Crippen LogP contribution is 2.36. The summed E-state index contributed by atoms with van der Waals surface area (Å²) in [6, 6.07) is 11.8. The minimum Gasteiger partial charge on any atom is -0.493 e. The van der Waals surface area contributed by atoms with Crippen molar-refractivity contribution in [2.75, 3.05) is 26.6 Å². The van der Waals surface area contributed by atoms with E-state index in [4.69, 9.17) is 9.47 Å². The molecule has 0 fully saturated rings. The number of rotatable bonds is 4. The first kappa shape index (κ1) is 15.6. The van der Waals surface area contributed by atoms with E-state index in [-0.39, 0.29) is 0 Å². The molecule has 3 rings (SSSR count). The first-order chi connectivity index (χ1) is 11.2. The number of nitrogens with zero attached hydrogens (tertiary/aromatic N) is 2. The van der Waals surface area contributed by atoms with Crippen molar-refractivity contribution in [3.63, 3.8) is 0 Å². The zero-order chi connectivity index (χ0) is 16.4. The van der Waals surface area contributed by atoms with E-state index < -0.39 is 0 Å². The Morgan fingerprint density at radius 3 is 2.39 bits per heavy atom. The van der Waals surface area contributed by atoms with Crippen molar-refractivity contribution in [2.24, 2.45) is 0 Å². The summed E-state index contributed by atoms with van der Waals surface area (Å²) in [6.45, 7) is 0. The molecule has 0 aliphatic carbocycles. The van der Waals surface area contributed by atoms with E-state index in [0.717, 1.165) is 26.6 Å². The fourth-order valence-electron chi connectivity index (χ4n) is 2.42. The first-order valence-corrected chi connectivity index (χ1v) is 7.83. The van der Waals surface area contributed by atoms with E-state index >= 15 is 0 Å². The number of nitrogens with one attached hydrogen (secondary N) is 1. The molecule has 0 atom stereocenters. The first-order valence-electron chi connectivity index (χ1n) is 7.03. The normalized spacial score (nSPS) is 10.6. The van der Waals surface area contributed by atoms with Gasteiger partial charge in [0.2, 0.25) is 5.95 Å². The third-order valence-corrected chi connectivity index (χ3v) is 4.02. The third kappa shape index (κ3) is 2.94. The highest BCUT2D eigenvalue weighted by Gasteiger charge is 2.14. The van der Waals surface area contributed by atoms with Gasteiger partial charge in [-0.3, -0.25) is 0 Å². The van der Waals surface area contributed by atoms with Crippen LogP contribution in [0.15, 0.2) is 40.9 Å². The molecule has 0 radical (unpaired) electrons. The van der Waals surface area contributed by atoms with Gasteiger partial charge in [0.05, 0.1) is 25.4 Å². The summed E-state index contributed by atoms with van der Waals surface area (Å²) in [4.78, 5) is 9.14. The van der Waals surface area contributed by atoms with Crippen LogP contribution < -0.4 is 14.8 Å². The lowest BCUT2D eigenvalue weighted by Crippen LogP contribution is -2.00. The van der Waals surface area contributed by atoms with Gasteiger partial charge in [-0.1, -0.05) is 28.1 Å². The molecule has 0 saturated carbocycles. The Bertz CT molecular complexity index is 868. The number of hydrogen-bond acceptors (Lipinski definition) is 5. The van der Waals surface area contributed by atoms with Crippen molar-refractivity contribution in [1.29, 1.82) is 0 Å². The third-order valence-electron chi connectivity index (χ3n) is 3.52. The van der Waals surface area contributed by atoms with Crippen LogP contribution in [0.25, 0.3) is 22.2 Å². The van der Waals surface area contributed by atoms with Gasteiger partial charge in [-0.25, -0.2) is 9.97 Å². The van der Waals surface area contributed by atoms with Crippen LogP contribution in [0.2, 0.25) is 0 Å². The van der Waals surface area contributed by atoms with Crippen LogP contribution in [0, 0.1) is 0 Å². The second kappa shape index (κ2) is 6.42. The summed E-state index contributed by atoms with van der Waals surface area (Å²) in [5, 5.41) is 3.91. The average Bonchev–Trinajstić information content (AvgIpc) is 2.59. The van der Waals surface area contributed by atoms with E-state index in [0.29, 0.717) is 17.4 Å². The van der Waals surface area contributed by atoms with Crippen molar-refractivity contribution >= 4 is 32.8 Å². The van der Waals surface area contributed by atoms with Crippen LogP contribution in [0.4, 0.5) is 5.95 Å². The molecule has 1 aromatic heterocycles. The molecule has 118 valence electrons. The van der Waals surface area contributed by atoms with Gasteiger partial charge in [-0.15, -0.1) is 0 Å². The fraction of sp³-hybridized carbons (Fsp3) is 0.176. The number of halogens is 1. The number of hydrogen-bond donors (Lipinski definition) is 1. The maximum atomic E-state index is 5.41. The van der Waals surface area contributed by atoms with Crippen LogP contribution in [-0.4, -0.2) is 31.2 Å². The van der Waals surface area contributed by atoms with E-state index in [9.17, 15) is 0 Å². The van der Waals surface area contributed by atoms with Gasteiger partial charge in [-0.2, -0.15) is 0 Å². The average molecular weight is 374 g/mol. The van der Waals surface area contributed by atoms with Crippen molar-refractivity contribution in [3.8, 4) is 22.8 Å². The fourth-order valence-corrected chi connectivity index (χ4v) is 2.82. The van der Waals surface area contributed by atoms with Crippen molar-refractivity contribution in [2.45, 2.75) is 0 Å². The van der Waals surface area contributed by atoms with Crippen LogP contribution in [-0.2, 0) is 0 Å². The van der Waals surface area contributed by atoms with Crippen LogP contribution >= 0.6 is 15.9 Å². The zero-order valence-corrected chi connectivity index (χ0v) is 14.6. The zero-order valence-electron chi connectivity index (χ0n) is 13.1. The molecular weight excluding hydrogens is 358 g/mol. The van der Waals surface area contributed by atoms with Gasteiger partial charge in [0, 0.05) is 28.5 Å². The molecule has 1 N–H and O–H groups in total. The lowest BCUT2D eigenvalue weighted by atomic mass is 10.1. The predicted octanol–water partition coefficient (Wildman–Crippen LogP) is 4.12. The molecule has 23 heavy (non-hydrogen) atoms. The number of fused-ring (bicyclic) bond motifs is 1. The quantitative estimate of drug-likeness (QED) is 0.745. The Morgan fingerprint density at radius 2 is 1.74 bits per heavy atom. The Hall–Kier alpha value is -2.34. The Morgan fingerprint density at radius 1 is 1.00 bits per heavy atom. The van der Waals surface area contributed by atoms with Gasteiger partial charge in [0.25, 0.3) is 0 Å². The highest BCUT2D eigenvalue weighted by atomic mass is 79.9. The highest BCUT2D eigenvalue weighted by molar-refractivity contribution is 9.10. The van der Waals surface area contributed by atoms with Crippen LogP contribution in [0.1, 0.15) is 0 Å². The lowest BCUT2D eigenvalue weighted by Gasteiger charge is -2.13. The molecule has 0 amide bonds. The minimum atomic E-state index is 0.555. The topological polar surface area (TPSA) is 56.3 Å². The predicted molar refractivity (Wildman–Crippen MR) is 95.3 cm³/mol. The Labute approximate surface area is 142 Å². The Kier molecular flexibility index (Phi) is 4.34. The smallest absolute Gasteiger partial charge is 0.223 e. The van der Waals surface area contributed by atoms with E-state index in [1.165, 1.54) is 0 Å². The van der Waals surface area contributed by atoms with E-state index in [1.54, 1.807) is 21.3 Å². The van der Waals surface area contributed by atoms with Gasteiger partial charge in [0.1, 0.15) is 0 Å². The van der Waals surface area contributed by atoms with Crippen molar-refractivity contribution in [3.05, 3.63) is 40.9 Å². The molecule has 0 unspecified atom stereocenters. The van der Waals surface area contributed by atoms with Gasteiger partial charge in [0.15, 0.2) is 11.5 Å². The Balaban J connectivity index is 2.34. The monoisotopic (exact) mass is 373 g/mol. The molecule has 6 heteroatoms. The molecule has 1 heterocycles. The van der Waals surface area contributed by atoms with Gasteiger partial charge < -0.3 is 14.8 Å². The van der Waals surface area contributed by atoms with Crippen LogP contribution in [0.3, 0.4) is 0 Å². The molecular formula is C17H16BrN3O2. The second-order valence-electron chi connectivity index (χ2n) is 4.88. The largest absolute Gasteiger partial charge is 0.493 e. The number of aromatic nitrogens is 2. The molecule has 0 spiro atoms. The SMILES string of the molecule is CNc1nc(-c2cccc(Br)c2)c2cc(OC)c(OC)cc2n1. The number of benzene rings is 2. The summed E-state index contributed by atoms with van der Waals surface area (Å²) in [6.07, 6.45) is 0. The summed E-state index contributed by atoms with van der Waals surface area (Å²) < 4.78 is 11.8. The molecule has 2 aromatic carbocycles. The van der Waals surface area contributed by atoms with E-state index in [2.05, 4.69) is 31.2 Å². The molecule has 0 aliphatic heterocycles. The van der Waals surface area contributed by atoms with Crippen molar-refractivity contribution < 1.29 is 9.47 Å². The molecule has 0 aliphatic rings. The lowest BCUT2D eigenvalue weighted by molar-refractivity contribution is 0.356. The van der Waals surface area contributed by atoms with Gasteiger partial charge in [-0.05, 0) is 18.2 Å².